The van der Waals surface area contributed by atoms with E-state index in [1.165, 1.54) is 0 Å². The largest absolute Gasteiger partial charge is 0.298 e. The first-order valence-corrected chi connectivity index (χ1v) is 5.57. The van der Waals surface area contributed by atoms with Gasteiger partial charge in [0.05, 0.1) is 16.8 Å². The van der Waals surface area contributed by atoms with Crippen LogP contribution in [0.2, 0.25) is 5.15 Å². The van der Waals surface area contributed by atoms with Crippen LogP contribution in [0.3, 0.4) is 0 Å². The molecule has 1 aliphatic rings. The summed E-state index contributed by atoms with van der Waals surface area (Å²) in [7, 11) is 0. The Morgan fingerprint density at radius 3 is 2.47 bits per heavy atom. The van der Waals surface area contributed by atoms with Crippen molar-refractivity contribution in [3.8, 4) is 0 Å². The zero-order chi connectivity index (χ0) is 11.2. The number of rotatable bonds is 2. The molecule has 0 saturated heterocycles. The van der Waals surface area contributed by atoms with E-state index in [4.69, 9.17) is 11.6 Å². The van der Waals surface area contributed by atoms with Gasteiger partial charge in [-0.15, -0.1) is 0 Å². The van der Waals surface area contributed by atoms with Crippen molar-refractivity contribution in [1.29, 1.82) is 0 Å². The lowest BCUT2D eigenvalue weighted by atomic mass is 10.1. The predicted octanol–water partition coefficient (Wildman–Crippen LogP) is 2.98. The second-order valence-electron chi connectivity index (χ2n) is 5.06. The van der Waals surface area contributed by atoms with Gasteiger partial charge in [0.2, 0.25) is 0 Å². The fraction of sp³-hybridized carbons (Fsp3) is 0.636. The molecule has 0 N–H and O–H groups in total. The first-order valence-electron chi connectivity index (χ1n) is 5.19. The number of nitrogens with zero attached hydrogens (tertiary/aromatic N) is 2. The molecule has 0 amide bonds. The van der Waals surface area contributed by atoms with Crippen LogP contribution in [0.5, 0.6) is 0 Å². The van der Waals surface area contributed by atoms with Crippen molar-refractivity contribution in [2.75, 3.05) is 0 Å². The van der Waals surface area contributed by atoms with Gasteiger partial charge in [-0.05, 0) is 33.6 Å². The minimum absolute atomic E-state index is 0.179. The van der Waals surface area contributed by atoms with Crippen molar-refractivity contribution >= 4 is 17.9 Å². The third kappa shape index (κ3) is 1.81. The summed E-state index contributed by atoms with van der Waals surface area (Å²) in [5, 5.41) is 4.94. The number of aldehydes is 1. The SMILES string of the molecule is CC(C)(C)n1nc(C2CC2)c(C=O)c1Cl. The maximum absolute atomic E-state index is 11.0. The summed E-state index contributed by atoms with van der Waals surface area (Å²) in [6.45, 7) is 6.07. The molecule has 0 aliphatic heterocycles. The van der Waals surface area contributed by atoms with Crippen molar-refractivity contribution < 1.29 is 4.79 Å². The van der Waals surface area contributed by atoms with E-state index in [2.05, 4.69) is 5.10 Å². The van der Waals surface area contributed by atoms with Crippen molar-refractivity contribution in [3.63, 3.8) is 0 Å². The van der Waals surface area contributed by atoms with Gasteiger partial charge >= 0.3 is 0 Å². The van der Waals surface area contributed by atoms with Crippen LogP contribution >= 0.6 is 11.6 Å². The summed E-state index contributed by atoms with van der Waals surface area (Å²) in [6, 6.07) is 0. The van der Waals surface area contributed by atoms with Gasteiger partial charge in [0, 0.05) is 5.92 Å². The molecule has 0 atom stereocenters. The number of hydrogen-bond donors (Lipinski definition) is 0. The van der Waals surface area contributed by atoms with Gasteiger partial charge in [-0.1, -0.05) is 11.6 Å². The highest BCUT2D eigenvalue weighted by Crippen LogP contribution is 2.42. The standard InChI is InChI=1S/C11H15ClN2O/c1-11(2,3)14-10(12)8(6-15)9(13-14)7-4-5-7/h6-7H,4-5H2,1-3H3. The molecule has 3 nitrogen and oxygen atoms in total. The molecule has 1 saturated carbocycles. The molecule has 1 heterocycles. The van der Waals surface area contributed by atoms with Crippen LogP contribution in [0.25, 0.3) is 0 Å². The minimum Gasteiger partial charge on any atom is -0.298 e. The van der Waals surface area contributed by atoms with Gasteiger partial charge < -0.3 is 0 Å². The van der Waals surface area contributed by atoms with Gasteiger partial charge in [-0.2, -0.15) is 5.10 Å². The average molecular weight is 227 g/mol. The van der Waals surface area contributed by atoms with E-state index in [9.17, 15) is 4.79 Å². The highest BCUT2D eigenvalue weighted by molar-refractivity contribution is 6.32. The fourth-order valence-corrected chi connectivity index (χ4v) is 2.07. The molecule has 1 aromatic rings. The zero-order valence-electron chi connectivity index (χ0n) is 9.25. The van der Waals surface area contributed by atoms with E-state index in [0.29, 0.717) is 16.6 Å². The fourth-order valence-electron chi connectivity index (χ4n) is 1.64. The summed E-state index contributed by atoms with van der Waals surface area (Å²) in [4.78, 5) is 11.0. The van der Waals surface area contributed by atoms with E-state index in [1.807, 2.05) is 20.8 Å². The Balaban J connectivity index is 2.53. The predicted molar refractivity (Wildman–Crippen MR) is 59.6 cm³/mol. The number of hydrogen-bond acceptors (Lipinski definition) is 2. The topological polar surface area (TPSA) is 34.9 Å². The van der Waals surface area contributed by atoms with E-state index in [-0.39, 0.29) is 5.54 Å². The van der Waals surface area contributed by atoms with Crippen LogP contribution in [0.4, 0.5) is 0 Å². The van der Waals surface area contributed by atoms with Gasteiger partial charge in [0.1, 0.15) is 5.15 Å². The highest BCUT2D eigenvalue weighted by atomic mass is 35.5. The summed E-state index contributed by atoms with van der Waals surface area (Å²) < 4.78 is 1.74. The summed E-state index contributed by atoms with van der Waals surface area (Å²) in [5.74, 6) is 0.450. The molecule has 1 aromatic heterocycles. The molecular formula is C11H15ClN2O. The number of halogens is 1. The van der Waals surface area contributed by atoms with E-state index in [0.717, 1.165) is 24.8 Å². The lowest BCUT2D eigenvalue weighted by molar-refractivity contribution is 0.112. The van der Waals surface area contributed by atoms with Gasteiger partial charge in [0.15, 0.2) is 6.29 Å². The Morgan fingerprint density at radius 2 is 2.07 bits per heavy atom. The summed E-state index contributed by atoms with van der Waals surface area (Å²) in [6.07, 6.45) is 3.07. The Morgan fingerprint density at radius 1 is 1.47 bits per heavy atom. The maximum Gasteiger partial charge on any atom is 0.155 e. The molecule has 1 fully saturated rings. The first-order chi connectivity index (χ1) is 6.95. The second-order valence-corrected chi connectivity index (χ2v) is 5.42. The molecule has 0 aromatic carbocycles. The Bertz CT molecular complexity index is 399. The van der Waals surface area contributed by atoms with E-state index in [1.54, 1.807) is 4.68 Å². The van der Waals surface area contributed by atoms with Gasteiger partial charge in [0.25, 0.3) is 0 Å². The van der Waals surface area contributed by atoms with Gasteiger partial charge in [-0.3, -0.25) is 4.79 Å². The molecule has 0 radical (unpaired) electrons. The van der Waals surface area contributed by atoms with Crippen LogP contribution in [-0.4, -0.2) is 16.1 Å². The third-order valence-electron chi connectivity index (χ3n) is 2.61. The molecule has 0 unspecified atom stereocenters. The Hall–Kier alpha value is -0.830. The summed E-state index contributed by atoms with van der Waals surface area (Å²) >= 11 is 6.16. The molecule has 2 rings (SSSR count). The Kier molecular flexibility index (Phi) is 2.38. The normalized spacial score (nSPS) is 16.8. The minimum atomic E-state index is -0.179. The van der Waals surface area contributed by atoms with Crippen LogP contribution in [0.15, 0.2) is 0 Å². The lowest BCUT2D eigenvalue weighted by Gasteiger charge is -2.20. The molecule has 4 heteroatoms. The quantitative estimate of drug-likeness (QED) is 0.727. The molecule has 15 heavy (non-hydrogen) atoms. The zero-order valence-corrected chi connectivity index (χ0v) is 10.0. The van der Waals surface area contributed by atoms with Gasteiger partial charge in [-0.25, -0.2) is 4.68 Å². The molecule has 82 valence electrons. The number of carbonyl (C=O) groups excluding carboxylic acids is 1. The second kappa shape index (κ2) is 3.34. The number of aromatic nitrogens is 2. The Labute approximate surface area is 94.4 Å². The first kappa shape index (κ1) is 10.7. The highest BCUT2D eigenvalue weighted by Gasteiger charge is 2.33. The van der Waals surface area contributed by atoms with Crippen LogP contribution < -0.4 is 0 Å². The van der Waals surface area contributed by atoms with Crippen LogP contribution in [-0.2, 0) is 5.54 Å². The molecular weight excluding hydrogens is 212 g/mol. The molecule has 0 bridgehead atoms. The van der Waals surface area contributed by atoms with E-state index < -0.39 is 0 Å². The summed E-state index contributed by atoms with van der Waals surface area (Å²) in [5.41, 5.74) is 1.28. The number of carbonyl (C=O) groups is 1. The van der Waals surface area contributed by atoms with Crippen LogP contribution in [0.1, 0.15) is 55.6 Å². The average Bonchev–Trinajstić information content (AvgIpc) is 2.88. The van der Waals surface area contributed by atoms with Crippen molar-refractivity contribution in [3.05, 3.63) is 16.4 Å². The third-order valence-corrected chi connectivity index (χ3v) is 2.97. The van der Waals surface area contributed by atoms with Crippen molar-refractivity contribution in [2.45, 2.75) is 45.1 Å². The monoisotopic (exact) mass is 226 g/mol. The maximum atomic E-state index is 11.0. The molecule has 1 aliphatic carbocycles. The van der Waals surface area contributed by atoms with Crippen LogP contribution in [0, 0.1) is 0 Å². The van der Waals surface area contributed by atoms with Crippen molar-refractivity contribution in [2.24, 2.45) is 0 Å². The lowest BCUT2D eigenvalue weighted by Crippen LogP contribution is -2.23. The molecule has 0 spiro atoms. The van der Waals surface area contributed by atoms with Crippen molar-refractivity contribution in [1.82, 2.24) is 9.78 Å². The van der Waals surface area contributed by atoms with E-state index >= 15 is 0 Å². The smallest absolute Gasteiger partial charge is 0.155 e.